The Hall–Kier alpha value is -3.69. The summed E-state index contributed by atoms with van der Waals surface area (Å²) in [5, 5.41) is 66.6. The zero-order valence-electron chi connectivity index (χ0n) is 26.2. The van der Waals surface area contributed by atoms with Crippen LogP contribution in [0.15, 0.2) is 64.7 Å². The lowest BCUT2D eigenvalue weighted by Gasteiger charge is -2.47. The van der Waals surface area contributed by atoms with Crippen LogP contribution in [0.4, 0.5) is 0 Å². The van der Waals surface area contributed by atoms with Crippen LogP contribution in [0.1, 0.15) is 0 Å². The van der Waals surface area contributed by atoms with E-state index in [4.69, 9.17) is 29.4 Å². The Morgan fingerprint density at radius 2 is 2.02 bits per heavy atom. The number of carbonyl (C=O) groups is 2. The highest BCUT2D eigenvalue weighted by Crippen LogP contribution is 2.38. The third kappa shape index (κ3) is 8.62. The minimum Gasteiger partial charge on any atom is -0.478 e. The van der Waals surface area contributed by atoms with E-state index >= 15 is 0 Å². The maximum absolute atomic E-state index is 12.9. The Balaban J connectivity index is 2.05. The quantitative estimate of drug-likeness (QED) is 0.0274. The van der Waals surface area contributed by atoms with E-state index in [-0.39, 0.29) is 49.2 Å². The molecule has 262 valence electrons. The van der Waals surface area contributed by atoms with Crippen molar-refractivity contribution in [2.75, 3.05) is 54.2 Å². The van der Waals surface area contributed by atoms with Crippen molar-refractivity contribution in [2.45, 2.75) is 36.7 Å². The first kappa shape index (κ1) is 37.8. The number of rotatable bonds is 14. The summed E-state index contributed by atoms with van der Waals surface area (Å²) in [6.07, 6.45) is -0.751. The Morgan fingerprint density at radius 3 is 2.60 bits per heavy atom. The molecule has 0 aromatic rings. The van der Waals surface area contributed by atoms with Crippen molar-refractivity contribution in [1.82, 2.24) is 10.6 Å². The fourth-order valence-electron chi connectivity index (χ4n) is 5.30. The van der Waals surface area contributed by atoms with Crippen LogP contribution in [0.25, 0.3) is 0 Å². The van der Waals surface area contributed by atoms with E-state index in [2.05, 4.69) is 22.2 Å². The van der Waals surface area contributed by atoms with Crippen LogP contribution in [-0.2, 0) is 33.3 Å². The predicted octanol–water partition coefficient (Wildman–Crippen LogP) is -4.64. The number of hydrogen-bond acceptors (Lipinski definition) is 14. The molecule has 3 heterocycles. The molecule has 1 unspecified atom stereocenters. The van der Waals surface area contributed by atoms with Crippen molar-refractivity contribution in [3.63, 3.8) is 0 Å². The number of carbonyl (C=O) groups excluding carboxylic acids is 1. The molecule has 3 aliphatic rings. The maximum Gasteiger partial charge on any atom is 0.339 e. The Kier molecular flexibility index (Phi) is 13.6. The summed E-state index contributed by atoms with van der Waals surface area (Å²) >= 11 is 0. The van der Waals surface area contributed by atoms with E-state index in [1.807, 2.05) is 0 Å². The van der Waals surface area contributed by atoms with Gasteiger partial charge < -0.3 is 70.3 Å². The summed E-state index contributed by atoms with van der Waals surface area (Å²) in [4.78, 5) is 29.6. The fourth-order valence-corrected chi connectivity index (χ4v) is 5.30. The molecule has 0 aromatic carbocycles. The third-order valence-corrected chi connectivity index (χ3v) is 7.75. The summed E-state index contributed by atoms with van der Waals surface area (Å²) in [6.45, 7) is 2.87. The lowest BCUT2D eigenvalue weighted by atomic mass is 9.83. The zero-order valence-corrected chi connectivity index (χ0v) is 26.2. The van der Waals surface area contributed by atoms with E-state index < -0.39 is 67.1 Å². The van der Waals surface area contributed by atoms with Crippen LogP contribution in [0.2, 0.25) is 0 Å². The van der Waals surface area contributed by atoms with Gasteiger partial charge in [-0.15, -0.1) is 6.58 Å². The number of carboxylic acid groups (broad SMARTS) is 1. The number of allylic oxidation sites excluding steroid dienone is 2. The number of esters is 1. The van der Waals surface area contributed by atoms with Crippen molar-refractivity contribution in [3.05, 3.63) is 59.7 Å². The van der Waals surface area contributed by atoms with E-state index in [0.717, 1.165) is 6.26 Å². The van der Waals surface area contributed by atoms with Crippen LogP contribution in [0.5, 0.6) is 0 Å². The number of nitrogens with zero attached hydrogens (tertiary/aromatic N) is 1. The molecule has 11 N–H and O–H groups in total. The topological polar surface area (TPSA) is 269 Å². The molecule has 3 rings (SSSR count). The number of hydrogen-bond donors (Lipinski definition) is 10. The molecule has 1 fully saturated rings. The first-order valence-corrected chi connectivity index (χ1v) is 14.6. The molecular weight excluding hydrogens is 626 g/mol. The zero-order chi connectivity index (χ0) is 34.9. The molecule has 0 amide bonds. The molecule has 47 heavy (non-hydrogen) atoms. The van der Waals surface area contributed by atoms with E-state index in [9.17, 15) is 40.2 Å². The molecule has 0 aliphatic carbocycles. The fraction of sp³-hybridized carbons (Fsp3) is 0.552. The number of aliphatic carboxylic acids is 1. The molecule has 1 saturated heterocycles. The maximum atomic E-state index is 12.9. The number of quaternary nitrogens is 1. The van der Waals surface area contributed by atoms with Crippen molar-refractivity contribution >= 4 is 17.9 Å². The van der Waals surface area contributed by atoms with Crippen LogP contribution in [0.3, 0.4) is 0 Å². The molecule has 18 nitrogen and oxygen atoms in total. The van der Waals surface area contributed by atoms with Gasteiger partial charge in [0.15, 0.2) is 18.4 Å². The van der Waals surface area contributed by atoms with Gasteiger partial charge in [0.1, 0.15) is 37.1 Å². The van der Waals surface area contributed by atoms with Gasteiger partial charge in [-0.25, -0.2) is 9.59 Å². The summed E-state index contributed by atoms with van der Waals surface area (Å²) in [5.74, 6) is -6.73. The summed E-state index contributed by atoms with van der Waals surface area (Å²) in [7, 11) is 4.13. The first-order chi connectivity index (χ1) is 22.4. The monoisotopic (exact) mass is 670 g/mol. The van der Waals surface area contributed by atoms with Gasteiger partial charge in [0.2, 0.25) is 12.1 Å². The average molecular weight is 671 g/mol. The lowest BCUT2D eigenvalue weighted by Crippen LogP contribution is -3.09. The highest BCUT2D eigenvalue weighted by Gasteiger charge is 2.57. The smallest absolute Gasteiger partial charge is 0.339 e. The minimum atomic E-state index is -2.92. The second kappa shape index (κ2) is 16.9. The van der Waals surface area contributed by atoms with Crippen LogP contribution >= 0.6 is 0 Å². The largest absolute Gasteiger partial charge is 0.478 e. The number of ether oxygens (including phenoxy) is 5. The second-order valence-corrected chi connectivity index (χ2v) is 10.7. The minimum absolute atomic E-state index is 0.0290. The molecule has 0 bridgehead atoms. The summed E-state index contributed by atoms with van der Waals surface area (Å²) < 4.78 is 27.8. The molecule has 0 saturated carbocycles. The highest BCUT2D eigenvalue weighted by atomic mass is 16.8. The van der Waals surface area contributed by atoms with Crippen molar-refractivity contribution < 1.29 is 68.8 Å². The number of methoxy groups -OCH3 is 1. The second-order valence-electron chi connectivity index (χ2n) is 10.7. The number of carboxylic acids is 1. The molecule has 18 heteroatoms. The summed E-state index contributed by atoms with van der Waals surface area (Å²) in [6, 6.07) is 0. The molecule has 0 spiro atoms. The van der Waals surface area contributed by atoms with Crippen LogP contribution in [0, 0.1) is 11.8 Å². The van der Waals surface area contributed by atoms with E-state index in [0.29, 0.717) is 10.5 Å². The normalized spacial score (nSPS) is 31.1. The molecular formula is C29H44N5O13+. The lowest BCUT2D eigenvalue weighted by molar-refractivity contribution is -0.843. The number of aliphatic imine (C=N–C) groups is 1. The van der Waals surface area contributed by atoms with Gasteiger partial charge in [0.25, 0.3) is 0 Å². The Labute approximate surface area is 270 Å². The van der Waals surface area contributed by atoms with Crippen molar-refractivity contribution in [2.24, 2.45) is 22.6 Å². The van der Waals surface area contributed by atoms with E-state index in [1.165, 1.54) is 27.3 Å². The van der Waals surface area contributed by atoms with Gasteiger partial charge in [-0.05, 0) is 7.05 Å². The van der Waals surface area contributed by atoms with Crippen LogP contribution < -0.4 is 21.3 Å². The third-order valence-electron chi connectivity index (χ3n) is 7.75. The van der Waals surface area contributed by atoms with E-state index in [1.54, 1.807) is 18.4 Å². The molecule has 0 aromatic heterocycles. The molecule has 8 atom stereocenters. The summed E-state index contributed by atoms with van der Waals surface area (Å²) in [5.41, 5.74) is 6.38. The van der Waals surface area contributed by atoms with Gasteiger partial charge in [0.05, 0.1) is 56.1 Å². The molecule has 0 radical (unpaired) electrons. The SMILES string of the molecule is C=C[C@H]1[C@H](O[C@@H]2O[C@H](CO)[C@@H](O)C(O)(O)[C@H]2OCNC)OC=C(C(=O)OC)[C@H]1/C=C\C1=C[NH+](CCO)CC(C(=O)O)=C1NC(N)=NC. The van der Waals surface area contributed by atoms with Crippen LogP contribution in [-0.4, -0.2) is 139 Å². The number of aliphatic hydroxyl groups is 5. The van der Waals surface area contributed by atoms with Gasteiger partial charge in [-0.1, -0.05) is 18.2 Å². The van der Waals surface area contributed by atoms with Gasteiger partial charge in [0, 0.05) is 13.0 Å². The predicted molar refractivity (Wildman–Crippen MR) is 161 cm³/mol. The Bertz CT molecular complexity index is 1300. The van der Waals surface area contributed by atoms with Gasteiger partial charge >= 0.3 is 11.9 Å². The van der Waals surface area contributed by atoms with Gasteiger partial charge in [-0.2, -0.15) is 0 Å². The number of aliphatic hydroxyl groups excluding tert-OH is 3. The standard InChI is InChI=1S/C29H43N5O13/c1-5-16-17(7-6-15-10-34(8-9-35)11-18(24(38)39)21(15)33-28(30)32-3)19(25(40)43-4)13-44-26(16)47-27-23(45-14-31-2)29(41,42)22(37)20(12-36)46-27/h5-7,10,13,16-17,20,22-23,26-27,31,35-37,41-42H,1,8-9,11-12,14H2,2-4H3,(H,38,39)(H3,30,32,33)/p+1/b7-6-/t16-,17+,20-,22-,23+,26+,27+/m1/s1. The number of nitrogens with one attached hydrogen (secondary N) is 3. The highest BCUT2D eigenvalue weighted by molar-refractivity contribution is 5.92. The Morgan fingerprint density at radius 1 is 1.30 bits per heavy atom. The van der Waals surface area contributed by atoms with Crippen molar-refractivity contribution in [3.8, 4) is 0 Å². The number of guanidine groups is 1. The average Bonchev–Trinajstić information content (AvgIpc) is 3.05. The van der Waals surface area contributed by atoms with Gasteiger partial charge in [-0.3, -0.25) is 10.3 Å². The first-order valence-electron chi connectivity index (χ1n) is 14.6. The molecule has 3 aliphatic heterocycles. The van der Waals surface area contributed by atoms with Crippen molar-refractivity contribution in [1.29, 1.82) is 0 Å². The number of nitrogens with two attached hydrogens (primary N) is 1.